The largest absolute Gasteiger partial charge is 0.460 e. The minimum absolute atomic E-state index is 0.288. The zero-order valence-corrected chi connectivity index (χ0v) is 14.5. The molecule has 0 N–H and O–H groups in total. The Morgan fingerprint density at radius 2 is 1.23 bits per heavy atom. The van der Waals surface area contributed by atoms with Gasteiger partial charge in [0.2, 0.25) is 0 Å². The van der Waals surface area contributed by atoms with E-state index in [2.05, 4.69) is 0 Å². The molecule has 0 bridgehead atoms. The van der Waals surface area contributed by atoms with Gasteiger partial charge < -0.3 is 4.74 Å². The lowest BCUT2D eigenvalue weighted by Crippen LogP contribution is -2.60. The van der Waals surface area contributed by atoms with E-state index in [0.717, 1.165) is 36.4 Å². The first-order chi connectivity index (χ1) is 14.1. The predicted octanol–water partition coefficient (Wildman–Crippen LogP) is 6.14. The molecule has 0 aromatic heterocycles. The van der Waals surface area contributed by atoms with Crippen LogP contribution in [0.5, 0.6) is 5.75 Å². The van der Waals surface area contributed by atoms with Gasteiger partial charge in [0.1, 0.15) is 5.75 Å². The maximum absolute atomic E-state index is 14.3. The van der Waals surface area contributed by atoms with Crippen molar-refractivity contribution < 1.29 is 50.4 Å². The van der Waals surface area contributed by atoms with Crippen LogP contribution in [0.25, 0.3) is 5.57 Å². The van der Waals surface area contributed by atoms with Gasteiger partial charge >= 0.3 is 29.9 Å². The molecule has 0 saturated carbocycles. The fourth-order valence-electron chi connectivity index (χ4n) is 2.10. The van der Waals surface area contributed by atoms with Crippen LogP contribution in [0.4, 0.5) is 39.5 Å². The maximum atomic E-state index is 14.3. The van der Waals surface area contributed by atoms with Crippen molar-refractivity contribution in [1.29, 1.82) is 0 Å². The molecular formula is C19H11F9O2. The second kappa shape index (κ2) is 8.04. The number of hydrogen-bond donors (Lipinski definition) is 0. The first-order valence-corrected chi connectivity index (χ1v) is 7.88. The molecule has 30 heavy (non-hydrogen) atoms. The number of ether oxygens (including phenoxy) is 1. The lowest BCUT2D eigenvalue weighted by molar-refractivity contribution is -0.388. The normalized spacial score (nSPS) is 14.6. The van der Waals surface area contributed by atoms with Crippen molar-refractivity contribution in [2.24, 2.45) is 0 Å². The highest BCUT2D eigenvalue weighted by Gasteiger charge is 2.81. The van der Waals surface area contributed by atoms with Crippen LogP contribution in [-0.4, -0.2) is 29.9 Å². The highest BCUT2D eigenvalue weighted by atomic mass is 19.4. The number of halogens is 9. The summed E-state index contributed by atoms with van der Waals surface area (Å²) in [6.07, 6.45) is -7.06. The van der Waals surface area contributed by atoms with Gasteiger partial charge in [-0.2, -0.15) is 39.5 Å². The fraction of sp³-hybridized carbons (Fsp3) is 0.211. The molecule has 0 aliphatic heterocycles. The van der Waals surface area contributed by atoms with Gasteiger partial charge in [0.05, 0.1) is 6.94 Å². The van der Waals surface area contributed by atoms with Crippen molar-refractivity contribution in [3.8, 4) is 5.75 Å². The molecule has 162 valence electrons. The summed E-state index contributed by atoms with van der Waals surface area (Å²) in [4.78, 5) is 12.4. The first kappa shape index (κ1) is 21.7. The van der Waals surface area contributed by atoms with Crippen LogP contribution >= 0.6 is 0 Å². The highest BCUT2D eigenvalue weighted by molar-refractivity contribution is 6.17. The van der Waals surface area contributed by atoms with E-state index in [1.807, 2.05) is 0 Å². The number of carbonyl (C=O) groups excluding carboxylic acids is 1. The monoisotopic (exact) mass is 443 g/mol. The second-order valence-electron chi connectivity index (χ2n) is 5.79. The average molecular weight is 443 g/mol. The lowest BCUT2D eigenvalue weighted by atomic mass is 9.98. The number of hydrogen-bond acceptors (Lipinski definition) is 2. The van der Waals surface area contributed by atoms with Crippen molar-refractivity contribution in [2.45, 2.75) is 23.9 Å². The van der Waals surface area contributed by atoms with E-state index in [1.165, 1.54) is 24.3 Å². The fourth-order valence-corrected chi connectivity index (χ4v) is 2.10. The van der Waals surface area contributed by atoms with E-state index in [9.17, 15) is 44.3 Å². The van der Waals surface area contributed by atoms with Gasteiger partial charge in [-0.1, -0.05) is 48.5 Å². The van der Waals surface area contributed by atoms with Gasteiger partial charge in [-0.25, -0.2) is 4.79 Å². The number of esters is 1. The Kier molecular flexibility index (Phi) is 5.82. The van der Waals surface area contributed by atoms with Crippen molar-refractivity contribution >= 4 is 11.5 Å². The zero-order chi connectivity index (χ0) is 23.7. The molecule has 2 rings (SSSR count). The predicted molar refractivity (Wildman–Crippen MR) is 87.4 cm³/mol. The summed E-state index contributed by atoms with van der Waals surface area (Å²) < 4.78 is 132. The molecule has 0 spiro atoms. The standard InChI is InChI=1S/C19H11F9O2/c20-16(21,17(22,23)18(24,25)19(26,27)28)11-14(12-7-3-1-4-8-12)15(29)30-13-9-5-2-6-10-13/h1-11H/b14-11+/i11D. The SMILES string of the molecule is [2H]/C(=C(\C(=O)Oc1ccccc1)c1ccccc1)C(F)(F)C(F)(F)C(F)(F)C(F)(F)F. The molecule has 11 heteroatoms. The number of carbonyl (C=O) groups is 1. The Morgan fingerprint density at radius 1 is 0.767 bits per heavy atom. The molecule has 2 aromatic carbocycles. The van der Waals surface area contributed by atoms with E-state index >= 15 is 0 Å². The number of benzene rings is 2. The summed E-state index contributed by atoms with van der Waals surface area (Å²) in [5.74, 6) is -22.8. The molecule has 2 aromatic rings. The molecular weight excluding hydrogens is 431 g/mol. The van der Waals surface area contributed by atoms with Crippen LogP contribution in [0, 0.1) is 0 Å². The van der Waals surface area contributed by atoms with Crippen molar-refractivity contribution in [1.82, 2.24) is 0 Å². The average Bonchev–Trinajstić information content (AvgIpc) is 2.68. The molecule has 0 heterocycles. The minimum Gasteiger partial charge on any atom is -0.423 e. The number of alkyl halides is 9. The molecule has 0 atom stereocenters. The second-order valence-corrected chi connectivity index (χ2v) is 5.79. The Hall–Kier alpha value is -2.98. The quantitative estimate of drug-likeness (QED) is 0.232. The third-order valence-corrected chi connectivity index (χ3v) is 3.65. The summed E-state index contributed by atoms with van der Waals surface area (Å²) >= 11 is 0. The van der Waals surface area contributed by atoms with Crippen LogP contribution in [0.15, 0.2) is 66.7 Å². The molecule has 0 fully saturated rings. The van der Waals surface area contributed by atoms with E-state index in [1.54, 1.807) is 0 Å². The Bertz CT molecular complexity index is 955. The van der Waals surface area contributed by atoms with E-state index in [0.29, 0.717) is 0 Å². The Labute approximate surface area is 165 Å². The van der Waals surface area contributed by atoms with Gasteiger partial charge in [-0.15, -0.1) is 0 Å². The van der Waals surface area contributed by atoms with Crippen LogP contribution in [0.3, 0.4) is 0 Å². The van der Waals surface area contributed by atoms with Gasteiger partial charge in [0, 0.05) is 6.05 Å². The summed E-state index contributed by atoms with van der Waals surface area (Å²) in [5.41, 5.74) is -2.26. The van der Waals surface area contributed by atoms with Crippen molar-refractivity contribution in [2.75, 3.05) is 0 Å². The summed E-state index contributed by atoms with van der Waals surface area (Å²) in [6.45, 7) is 0. The number of rotatable bonds is 6. The van der Waals surface area contributed by atoms with Gasteiger partial charge in [0.25, 0.3) is 0 Å². The molecule has 0 aliphatic carbocycles. The molecule has 0 amide bonds. The summed E-state index contributed by atoms with van der Waals surface area (Å²) in [6, 6.07) is 8.98. The van der Waals surface area contributed by atoms with E-state index < -0.39 is 47.1 Å². The third-order valence-electron chi connectivity index (χ3n) is 3.65. The Morgan fingerprint density at radius 3 is 1.70 bits per heavy atom. The first-order valence-electron chi connectivity index (χ1n) is 8.38. The minimum atomic E-state index is -7.21. The number of para-hydroxylation sites is 1. The molecule has 2 nitrogen and oxygen atoms in total. The molecule has 0 unspecified atom stereocenters. The van der Waals surface area contributed by atoms with Crippen molar-refractivity contribution in [3.05, 3.63) is 72.3 Å². The van der Waals surface area contributed by atoms with Crippen LogP contribution in [-0.2, 0) is 4.79 Å². The lowest BCUT2D eigenvalue weighted by Gasteiger charge is -2.32. The summed E-state index contributed by atoms with van der Waals surface area (Å²) in [7, 11) is 0. The topological polar surface area (TPSA) is 26.3 Å². The van der Waals surface area contributed by atoms with Crippen molar-refractivity contribution in [3.63, 3.8) is 0 Å². The zero-order valence-electron chi connectivity index (χ0n) is 15.5. The van der Waals surface area contributed by atoms with E-state index in [-0.39, 0.29) is 5.75 Å². The Balaban J connectivity index is 2.67. The summed E-state index contributed by atoms with van der Waals surface area (Å²) in [5, 5.41) is 0. The van der Waals surface area contributed by atoms with Gasteiger partial charge in [-0.05, 0) is 17.7 Å². The van der Waals surface area contributed by atoms with Crippen LogP contribution in [0.2, 0.25) is 0 Å². The van der Waals surface area contributed by atoms with Gasteiger partial charge in [-0.3, -0.25) is 0 Å². The smallest absolute Gasteiger partial charge is 0.423 e. The number of allylic oxidation sites excluding steroid dienone is 1. The maximum Gasteiger partial charge on any atom is 0.460 e. The molecule has 0 saturated heterocycles. The molecule has 0 radical (unpaired) electrons. The van der Waals surface area contributed by atoms with Gasteiger partial charge in [0.15, 0.2) is 0 Å². The van der Waals surface area contributed by atoms with Crippen LogP contribution in [0.1, 0.15) is 6.93 Å². The third kappa shape index (κ3) is 4.44. The highest BCUT2D eigenvalue weighted by Crippen LogP contribution is 2.54. The van der Waals surface area contributed by atoms with Crippen LogP contribution < -0.4 is 4.74 Å². The molecule has 0 aliphatic rings. The van der Waals surface area contributed by atoms with E-state index in [4.69, 9.17) is 6.11 Å².